The average molecular weight is 459 g/mol. The number of allylic oxidation sites excluding steroid dienone is 4. The van der Waals surface area contributed by atoms with Crippen LogP contribution in [-0.4, -0.2) is 17.3 Å². The molecule has 0 aliphatic heterocycles. The molecule has 1 rings (SSSR count). The van der Waals surface area contributed by atoms with Gasteiger partial charge in [0.05, 0.1) is 6.42 Å². The number of carbonyl (C=O) groups excluding carboxylic acids is 3. The largest absolute Gasteiger partial charge is 0.300 e. The molecular weight excluding hydrogens is 408 g/mol. The van der Waals surface area contributed by atoms with Gasteiger partial charge in [-0.25, -0.2) is 0 Å². The highest BCUT2D eigenvalue weighted by Gasteiger charge is 2.30. The highest BCUT2D eigenvalue weighted by molar-refractivity contribution is 5.99. The summed E-state index contributed by atoms with van der Waals surface area (Å²) in [6.07, 6.45) is 15.0. The second-order valence-corrected chi connectivity index (χ2v) is 11.1. The maximum Gasteiger partial charge on any atom is 0.143 e. The van der Waals surface area contributed by atoms with E-state index in [1.165, 1.54) is 30.9 Å². The van der Waals surface area contributed by atoms with Crippen molar-refractivity contribution >= 4 is 17.3 Å². The molecule has 1 aliphatic carbocycles. The van der Waals surface area contributed by atoms with Crippen molar-refractivity contribution in [1.82, 2.24) is 0 Å². The van der Waals surface area contributed by atoms with Crippen LogP contribution in [0, 0.1) is 23.2 Å². The third-order valence-corrected chi connectivity index (χ3v) is 7.49. The van der Waals surface area contributed by atoms with Gasteiger partial charge in [-0.1, -0.05) is 78.0 Å². The van der Waals surface area contributed by atoms with Crippen LogP contribution in [0.15, 0.2) is 23.3 Å². The molecule has 33 heavy (non-hydrogen) atoms. The summed E-state index contributed by atoms with van der Waals surface area (Å²) in [5.41, 5.74) is 2.64. The molecule has 0 fully saturated rings. The Morgan fingerprint density at radius 2 is 1.85 bits per heavy atom. The van der Waals surface area contributed by atoms with E-state index in [1.54, 1.807) is 0 Å². The van der Waals surface area contributed by atoms with E-state index >= 15 is 0 Å². The van der Waals surface area contributed by atoms with Gasteiger partial charge in [-0.2, -0.15) is 0 Å². The molecular formula is C30H50O3. The first kappa shape index (κ1) is 29.5. The van der Waals surface area contributed by atoms with Gasteiger partial charge in [0.25, 0.3) is 0 Å². The van der Waals surface area contributed by atoms with Crippen LogP contribution in [0.25, 0.3) is 0 Å². The fraction of sp³-hybridized carbons (Fsp3) is 0.767. The quantitative estimate of drug-likeness (QED) is 0.261. The van der Waals surface area contributed by atoms with Crippen LogP contribution in [0.5, 0.6) is 0 Å². The lowest BCUT2D eigenvalue weighted by molar-refractivity contribution is -0.129. The average Bonchev–Trinajstić information content (AvgIpc) is 2.71. The molecule has 0 heterocycles. The number of unbranched alkanes of at least 4 members (excludes halogenated alkanes) is 1. The van der Waals surface area contributed by atoms with E-state index in [2.05, 4.69) is 53.7 Å². The third-order valence-electron chi connectivity index (χ3n) is 7.49. The Morgan fingerprint density at radius 1 is 1.15 bits per heavy atom. The molecule has 0 bridgehead atoms. The Balaban J connectivity index is 3.01. The van der Waals surface area contributed by atoms with Gasteiger partial charge in [0.15, 0.2) is 0 Å². The van der Waals surface area contributed by atoms with Gasteiger partial charge in [-0.15, -0.1) is 0 Å². The van der Waals surface area contributed by atoms with Crippen molar-refractivity contribution in [2.75, 3.05) is 0 Å². The molecule has 0 aromatic rings. The first-order valence-corrected chi connectivity index (χ1v) is 13.5. The maximum absolute atomic E-state index is 13.1. The summed E-state index contributed by atoms with van der Waals surface area (Å²) in [7, 11) is 0. The van der Waals surface area contributed by atoms with Gasteiger partial charge in [-0.05, 0) is 68.8 Å². The fourth-order valence-electron chi connectivity index (χ4n) is 5.80. The molecule has 3 heteroatoms. The van der Waals surface area contributed by atoms with Crippen molar-refractivity contribution in [3.05, 3.63) is 23.3 Å². The number of rotatable bonds is 13. The van der Waals surface area contributed by atoms with Crippen LogP contribution < -0.4 is 0 Å². The molecule has 1 aliphatic rings. The summed E-state index contributed by atoms with van der Waals surface area (Å²) in [5.74, 6) is 0.870. The summed E-state index contributed by atoms with van der Waals surface area (Å²) in [5, 5.41) is 0. The zero-order valence-corrected chi connectivity index (χ0v) is 22.6. The van der Waals surface area contributed by atoms with Crippen molar-refractivity contribution < 1.29 is 14.4 Å². The van der Waals surface area contributed by atoms with E-state index in [0.29, 0.717) is 24.5 Å². The van der Waals surface area contributed by atoms with Crippen molar-refractivity contribution in [3.63, 3.8) is 0 Å². The summed E-state index contributed by atoms with van der Waals surface area (Å²) < 4.78 is 0. The maximum atomic E-state index is 13.1. The van der Waals surface area contributed by atoms with Crippen LogP contribution in [0.3, 0.4) is 0 Å². The molecule has 0 amide bonds. The highest BCUT2D eigenvalue weighted by Crippen LogP contribution is 2.38. The van der Waals surface area contributed by atoms with Gasteiger partial charge in [0.1, 0.15) is 17.3 Å². The van der Waals surface area contributed by atoms with E-state index in [-0.39, 0.29) is 35.2 Å². The Morgan fingerprint density at radius 3 is 2.42 bits per heavy atom. The number of Topliss-reactive ketones (excluding diaryl/α,β-unsaturated/α-hetero) is 3. The Labute approximate surface area is 203 Å². The molecule has 0 saturated carbocycles. The van der Waals surface area contributed by atoms with Crippen LogP contribution in [0.1, 0.15) is 126 Å². The van der Waals surface area contributed by atoms with Crippen molar-refractivity contribution in [2.24, 2.45) is 23.2 Å². The summed E-state index contributed by atoms with van der Waals surface area (Å²) in [4.78, 5) is 37.4. The van der Waals surface area contributed by atoms with E-state index in [4.69, 9.17) is 0 Å². The number of hydrogen-bond donors (Lipinski definition) is 0. The van der Waals surface area contributed by atoms with Crippen molar-refractivity contribution in [3.8, 4) is 0 Å². The van der Waals surface area contributed by atoms with E-state index in [0.717, 1.165) is 44.9 Å². The van der Waals surface area contributed by atoms with Crippen LogP contribution in [-0.2, 0) is 14.4 Å². The molecule has 3 atom stereocenters. The molecule has 0 aromatic heterocycles. The SMILES string of the molecule is CCCCC(C)(C)C1=C(C)CC(=O)CC(CC(CCC)C(CC)C(=O)CC(C)=O)CCC=C1. The van der Waals surface area contributed by atoms with E-state index in [1.807, 2.05) is 0 Å². The zero-order valence-electron chi connectivity index (χ0n) is 22.6. The standard InChI is InChI=1S/C30H50O3/c1-8-11-17-30(6,7)28-16-13-12-15-24(21-26(32)18-22(28)4)20-25(14-9-2)27(10-3)29(33)19-23(5)31/h13,16,24-25,27H,8-12,14-15,17-21H2,1-7H3. The molecule has 188 valence electrons. The Hall–Kier alpha value is -1.51. The monoisotopic (exact) mass is 458 g/mol. The smallest absolute Gasteiger partial charge is 0.143 e. The Bertz CT molecular complexity index is 710. The fourth-order valence-corrected chi connectivity index (χ4v) is 5.80. The molecule has 3 nitrogen and oxygen atoms in total. The number of hydrogen-bond acceptors (Lipinski definition) is 3. The zero-order chi connectivity index (χ0) is 25.0. The van der Waals surface area contributed by atoms with Crippen LogP contribution in [0.2, 0.25) is 0 Å². The molecule has 0 radical (unpaired) electrons. The molecule has 0 aromatic carbocycles. The van der Waals surface area contributed by atoms with Crippen molar-refractivity contribution in [2.45, 2.75) is 126 Å². The van der Waals surface area contributed by atoms with Crippen molar-refractivity contribution in [1.29, 1.82) is 0 Å². The van der Waals surface area contributed by atoms with E-state index in [9.17, 15) is 14.4 Å². The number of ketones is 3. The molecule has 0 saturated heterocycles. The lowest BCUT2D eigenvalue weighted by atomic mass is 9.74. The minimum atomic E-state index is -0.0671. The molecule has 0 N–H and O–H groups in total. The Kier molecular flexibility index (Phi) is 13.1. The van der Waals surface area contributed by atoms with Crippen LogP contribution >= 0.6 is 0 Å². The first-order chi connectivity index (χ1) is 15.5. The van der Waals surface area contributed by atoms with Gasteiger partial charge in [-0.3, -0.25) is 14.4 Å². The van der Waals surface area contributed by atoms with Gasteiger partial charge < -0.3 is 0 Å². The second-order valence-electron chi connectivity index (χ2n) is 11.1. The van der Waals surface area contributed by atoms with Gasteiger partial charge >= 0.3 is 0 Å². The summed E-state index contributed by atoms with van der Waals surface area (Å²) in [6.45, 7) is 14.7. The highest BCUT2D eigenvalue weighted by atomic mass is 16.1. The normalized spacial score (nSPS) is 20.0. The predicted octanol–water partition coefficient (Wildman–Crippen LogP) is 8.22. The molecule has 3 unspecified atom stereocenters. The summed E-state index contributed by atoms with van der Waals surface area (Å²) in [6, 6.07) is 0. The summed E-state index contributed by atoms with van der Waals surface area (Å²) >= 11 is 0. The molecule has 0 spiro atoms. The number of carbonyl (C=O) groups is 3. The lowest BCUT2D eigenvalue weighted by Gasteiger charge is -2.31. The lowest BCUT2D eigenvalue weighted by Crippen LogP contribution is -2.27. The van der Waals surface area contributed by atoms with E-state index < -0.39 is 0 Å². The minimum absolute atomic E-state index is 0.0473. The predicted molar refractivity (Wildman–Crippen MR) is 139 cm³/mol. The second kappa shape index (κ2) is 14.7. The van der Waals surface area contributed by atoms with Crippen LogP contribution in [0.4, 0.5) is 0 Å². The third kappa shape index (κ3) is 10.1. The van der Waals surface area contributed by atoms with Gasteiger partial charge in [0, 0.05) is 18.8 Å². The topological polar surface area (TPSA) is 51.2 Å². The first-order valence-electron chi connectivity index (χ1n) is 13.5. The minimum Gasteiger partial charge on any atom is -0.300 e. The van der Waals surface area contributed by atoms with Gasteiger partial charge in [0.2, 0.25) is 0 Å².